The summed E-state index contributed by atoms with van der Waals surface area (Å²) in [6, 6.07) is 6.83. The number of carbonyl (C=O) groups is 3. The molecule has 2 amide bonds. The maximum atomic E-state index is 13.0. The maximum absolute atomic E-state index is 13.0. The van der Waals surface area contributed by atoms with E-state index < -0.39 is 5.60 Å². The second-order valence-corrected chi connectivity index (χ2v) is 9.62. The molecule has 1 aliphatic carbocycles. The fourth-order valence-electron chi connectivity index (χ4n) is 3.54. The van der Waals surface area contributed by atoms with Gasteiger partial charge < -0.3 is 15.0 Å². The van der Waals surface area contributed by atoms with E-state index in [0.29, 0.717) is 30.6 Å². The summed E-state index contributed by atoms with van der Waals surface area (Å²) in [4.78, 5) is 38.3. The monoisotopic (exact) mass is 402 g/mol. The van der Waals surface area contributed by atoms with Crippen molar-refractivity contribution in [1.29, 1.82) is 0 Å². The van der Waals surface area contributed by atoms with Gasteiger partial charge in [-0.2, -0.15) is 0 Å². The Morgan fingerprint density at radius 1 is 1.25 bits per heavy atom. The number of ether oxygens (including phenoxy) is 1. The van der Waals surface area contributed by atoms with E-state index in [9.17, 15) is 14.4 Å². The van der Waals surface area contributed by atoms with Gasteiger partial charge in [0.15, 0.2) is 0 Å². The lowest BCUT2D eigenvalue weighted by Gasteiger charge is -2.49. The van der Waals surface area contributed by atoms with Crippen molar-refractivity contribution in [3.63, 3.8) is 0 Å². The van der Waals surface area contributed by atoms with E-state index in [1.54, 1.807) is 36.0 Å². The molecule has 1 heterocycles. The third-order valence-corrected chi connectivity index (χ3v) is 6.36. The zero-order chi connectivity index (χ0) is 20.5. The summed E-state index contributed by atoms with van der Waals surface area (Å²) in [5, 5.41) is 2.67. The Hall–Kier alpha value is -2.28. The summed E-state index contributed by atoms with van der Waals surface area (Å²) in [5.74, 6) is 0.183. The van der Waals surface area contributed by atoms with Crippen LogP contribution >= 0.6 is 11.8 Å². The van der Waals surface area contributed by atoms with Gasteiger partial charge in [-0.3, -0.25) is 14.4 Å². The largest absolute Gasteiger partial charge is 0.460 e. The van der Waals surface area contributed by atoms with Gasteiger partial charge in [0.25, 0.3) is 5.91 Å². The Morgan fingerprint density at radius 3 is 2.46 bits per heavy atom. The zero-order valence-corrected chi connectivity index (χ0v) is 17.3. The first-order valence-corrected chi connectivity index (χ1v) is 10.3. The maximum Gasteiger partial charge on any atom is 0.309 e. The lowest BCUT2D eigenvalue weighted by Crippen LogP contribution is -2.56. The number of esters is 1. The minimum atomic E-state index is -0.499. The minimum absolute atomic E-state index is 0.0470. The summed E-state index contributed by atoms with van der Waals surface area (Å²) < 4.78 is 5.49. The second kappa shape index (κ2) is 7.62. The highest BCUT2D eigenvalue weighted by molar-refractivity contribution is 8.00. The van der Waals surface area contributed by atoms with Gasteiger partial charge in [0, 0.05) is 23.5 Å². The summed E-state index contributed by atoms with van der Waals surface area (Å²) in [7, 11) is 0. The number of amides is 2. The van der Waals surface area contributed by atoms with Crippen LogP contribution in [0.3, 0.4) is 0 Å². The van der Waals surface area contributed by atoms with Crippen molar-refractivity contribution < 1.29 is 19.1 Å². The van der Waals surface area contributed by atoms with Gasteiger partial charge >= 0.3 is 5.97 Å². The predicted molar refractivity (Wildman–Crippen MR) is 110 cm³/mol. The fraction of sp³-hybridized carbons (Fsp3) is 0.476. The molecule has 1 N–H and O–H groups in total. The van der Waals surface area contributed by atoms with Crippen LogP contribution in [0.4, 0.5) is 5.69 Å². The van der Waals surface area contributed by atoms with E-state index in [0.717, 1.165) is 5.75 Å². The van der Waals surface area contributed by atoms with Crippen molar-refractivity contribution in [1.82, 2.24) is 4.90 Å². The van der Waals surface area contributed by atoms with Crippen molar-refractivity contribution in [3.8, 4) is 0 Å². The van der Waals surface area contributed by atoms with Crippen LogP contribution in [0.5, 0.6) is 0 Å². The van der Waals surface area contributed by atoms with Crippen molar-refractivity contribution in [3.05, 3.63) is 42.5 Å². The van der Waals surface area contributed by atoms with Gasteiger partial charge in [-0.25, -0.2) is 0 Å². The van der Waals surface area contributed by atoms with Crippen molar-refractivity contribution in [2.24, 2.45) is 5.92 Å². The van der Waals surface area contributed by atoms with Gasteiger partial charge in [-0.05, 0) is 64.0 Å². The first-order chi connectivity index (χ1) is 13.1. The molecular weight excluding hydrogens is 376 g/mol. The number of anilines is 1. The SMILES string of the molecule is C=CC(=O)Nc1ccc(C(=O)N2CCSC23CC(C(=O)OC(C)(C)C)C3)cc1. The van der Waals surface area contributed by atoms with Crippen molar-refractivity contribution in [2.45, 2.75) is 44.1 Å². The molecule has 0 aromatic heterocycles. The van der Waals surface area contributed by atoms with Gasteiger partial charge in [0.2, 0.25) is 5.91 Å². The molecule has 1 saturated carbocycles. The third-order valence-electron chi connectivity index (χ3n) is 4.88. The first kappa shape index (κ1) is 20.5. The molecule has 1 aromatic carbocycles. The van der Waals surface area contributed by atoms with Gasteiger partial charge in [-0.15, -0.1) is 11.8 Å². The molecule has 150 valence electrons. The fourth-order valence-corrected chi connectivity index (χ4v) is 5.16. The Bertz CT molecular complexity index is 792. The quantitative estimate of drug-likeness (QED) is 0.617. The van der Waals surface area contributed by atoms with Crippen LogP contribution in [0.15, 0.2) is 36.9 Å². The van der Waals surface area contributed by atoms with Crippen molar-refractivity contribution >= 4 is 35.2 Å². The number of nitrogens with one attached hydrogen (secondary N) is 1. The topological polar surface area (TPSA) is 75.7 Å². The minimum Gasteiger partial charge on any atom is -0.460 e. The Kier molecular flexibility index (Phi) is 5.57. The van der Waals surface area contributed by atoms with Crippen LogP contribution in [0.25, 0.3) is 0 Å². The Labute approximate surface area is 169 Å². The molecule has 3 rings (SSSR count). The first-order valence-electron chi connectivity index (χ1n) is 9.36. The molecule has 7 heteroatoms. The number of rotatable bonds is 4. The van der Waals surface area contributed by atoms with Crippen LogP contribution in [-0.4, -0.2) is 45.5 Å². The van der Waals surface area contributed by atoms with Crippen LogP contribution in [-0.2, 0) is 14.3 Å². The van der Waals surface area contributed by atoms with E-state index in [4.69, 9.17) is 4.74 Å². The average molecular weight is 403 g/mol. The molecule has 6 nitrogen and oxygen atoms in total. The van der Waals surface area contributed by atoms with E-state index in [1.807, 2.05) is 25.7 Å². The van der Waals surface area contributed by atoms with Crippen LogP contribution in [0, 0.1) is 5.92 Å². The lowest BCUT2D eigenvalue weighted by atomic mass is 9.78. The number of carbonyl (C=O) groups excluding carboxylic acids is 3. The summed E-state index contributed by atoms with van der Waals surface area (Å²) in [6.07, 6.45) is 2.46. The number of nitrogens with zero attached hydrogens (tertiary/aromatic N) is 1. The van der Waals surface area contributed by atoms with Crippen LogP contribution in [0.1, 0.15) is 44.0 Å². The molecule has 0 atom stereocenters. The van der Waals surface area contributed by atoms with Gasteiger partial charge in [0.1, 0.15) is 5.60 Å². The molecular formula is C21H26N2O4S. The molecule has 2 fully saturated rings. The average Bonchev–Trinajstić information content (AvgIpc) is 3.04. The van der Waals surface area contributed by atoms with E-state index in [-0.39, 0.29) is 28.6 Å². The number of hydrogen-bond acceptors (Lipinski definition) is 5. The molecule has 1 aliphatic heterocycles. The van der Waals surface area contributed by atoms with Gasteiger partial charge in [-0.1, -0.05) is 6.58 Å². The highest BCUT2D eigenvalue weighted by Gasteiger charge is 2.56. The summed E-state index contributed by atoms with van der Waals surface area (Å²) in [6.45, 7) is 9.67. The predicted octanol–water partition coefficient (Wildman–Crippen LogP) is 3.45. The third kappa shape index (κ3) is 4.24. The lowest BCUT2D eigenvalue weighted by molar-refractivity contribution is -0.165. The highest BCUT2D eigenvalue weighted by atomic mass is 32.2. The zero-order valence-electron chi connectivity index (χ0n) is 16.5. The van der Waals surface area contributed by atoms with Crippen LogP contribution in [0.2, 0.25) is 0 Å². The second-order valence-electron chi connectivity index (χ2n) is 8.16. The highest BCUT2D eigenvalue weighted by Crippen LogP contribution is 2.54. The summed E-state index contributed by atoms with van der Waals surface area (Å²) >= 11 is 1.75. The molecule has 1 aromatic rings. The molecule has 1 spiro atoms. The van der Waals surface area contributed by atoms with E-state index in [2.05, 4.69) is 11.9 Å². The molecule has 2 aliphatic rings. The van der Waals surface area contributed by atoms with Crippen LogP contribution < -0.4 is 5.32 Å². The number of thioether (sulfide) groups is 1. The summed E-state index contributed by atoms with van der Waals surface area (Å²) in [5.41, 5.74) is 0.681. The van der Waals surface area contributed by atoms with Gasteiger partial charge in [0.05, 0.1) is 10.8 Å². The van der Waals surface area contributed by atoms with E-state index >= 15 is 0 Å². The standard InChI is InChI=1S/C21H26N2O4S/c1-5-17(24)22-16-8-6-14(7-9-16)18(25)23-10-11-28-21(23)12-15(13-21)19(26)27-20(2,3)4/h5-9,15H,1,10-13H2,2-4H3,(H,22,24). The molecule has 0 radical (unpaired) electrons. The van der Waals surface area contributed by atoms with E-state index in [1.165, 1.54) is 6.08 Å². The number of hydrogen-bond donors (Lipinski definition) is 1. The molecule has 0 unspecified atom stereocenters. The Morgan fingerprint density at radius 2 is 1.89 bits per heavy atom. The smallest absolute Gasteiger partial charge is 0.309 e. The van der Waals surface area contributed by atoms with Crippen molar-refractivity contribution in [2.75, 3.05) is 17.6 Å². The molecule has 1 saturated heterocycles. The molecule has 0 bridgehead atoms. The number of benzene rings is 1. The normalized spacial score (nSPS) is 23.8. The Balaban J connectivity index is 1.65. The molecule has 28 heavy (non-hydrogen) atoms.